The van der Waals surface area contributed by atoms with E-state index in [1.54, 1.807) is 10.7 Å². The molecule has 0 fully saturated rings. The van der Waals surface area contributed by atoms with Crippen LogP contribution in [0.2, 0.25) is 0 Å². The minimum atomic E-state index is 0.476. The van der Waals surface area contributed by atoms with Crippen molar-refractivity contribution in [2.75, 3.05) is 5.84 Å². The number of nitrogens with zero attached hydrogens (tertiary/aromatic N) is 6. The maximum absolute atomic E-state index is 8.94. The molecule has 1 aromatic carbocycles. The number of hydrogen-bond donors (Lipinski definition) is 1. The van der Waals surface area contributed by atoms with Gasteiger partial charge in [-0.1, -0.05) is 23.9 Å². The van der Waals surface area contributed by atoms with Gasteiger partial charge in [0.2, 0.25) is 5.16 Å². The predicted octanol–water partition coefficient (Wildman–Crippen LogP) is 1.96. The van der Waals surface area contributed by atoms with Gasteiger partial charge in [0.15, 0.2) is 0 Å². The number of thioether (sulfide) groups is 1. The molecule has 2 heterocycles. The summed E-state index contributed by atoms with van der Waals surface area (Å²) in [5.74, 6) is 7.22. The molecule has 0 amide bonds. The quantitative estimate of drug-likeness (QED) is 0.581. The van der Waals surface area contributed by atoms with Crippen LogP contribution in [-0.2, 0) is 5.75 Å². The molecule has 8 heteroatoms. The van der Waals surface area contributed by atoms with E-state index in [2.05, 4.69) is 21.4 Å². The number of hydrogen-bond acceptors (Lipinski definition) is 6. The molecule has 3 aromatic rings. The molecule has 116 valence electrons. The van der Waals surface area contributed by atoms with E-state index < -0.39 is 0 Å². The van der Waals surface area contributed by atoms with Gasteiger partial charge in [-0.2, -0.15) is 10.4 Å². The lowest BCUT2D eigenvalue weighted by molar-refractivity contribution is 0.727. The minimum absolute atomic E-state index is 0.476. The minimum Gasteiger partial charge on any atom is -0.334 e. The Kier molecular flexibility index (Phi) is 4.04. The second kappa shape index (κ2) is 6.14. The summed E-state index contributed by atoms with van der Waals surface area (Å²) in [6.45, 7) is 3.85. The highest BCUT2D eigenvalue weighted by atomic mass is 32.2. The van der Waals surface area contributed by atoms with E-state index in [9.17, 15) is 0 Å². The molecule has 0 unspecified atom stereocenters. The number of aromatic nitrogens is 5. The fourth-order valence-corrected chi connectivity index (χ4v) is 3.02. The highest BCUT2D eigenvalue weighted by Crippen LogP contribution is 2.22. The van der Waals surface area contributed by atoms with Crippen molar-refractivity contribution in [3.63, 3.8) is 0 Å². The monoisotopic (exact) mass is 325 g/mol. The third-order valence-electron chi connectivity index (χ3n) is 3.27. The molecule has 0 saturated heterocycles. The largest absolute Gasteiger partial charge is 0.334 e. The van der Waals surface area contributed by atoms with Crippen LogP contribution in [0.25, 0.3) is 5.95 Å². The van der Waals surface area contributed by atoms with Crippen LogP contribution >= 0.6 is 11.8 Å². The first-order chi connectivity index (χ1) is 11.1. The van der Waals surface area contributed by atoms with Gasteiger partial charge in [0.1, 0.15) is 0 Å². The summed E-state index contributed by atoms with van der Waals surface area (Å²) < 4.78 is 3.10. The summed E-state index contributed by atoms with van der Waals surface area (Å²) in [5, 5.41) is 22.1. The number of benzene rings is 1. The van der Waals surface area contributed by atoms with Crippen LogP contribution in [0.4, 0.5) is 0 Å². The van der Waals surface area contributed by atoms with Crippen molar-refractivity contribution in [1.82, 2.24) is 24.7 Å². The highest BCUT2D eigenvalue weighted by Gasteiger charge is 2.14. The van der Waals surface area contributed by atoms with E-state index in [-0.39, 0.29) is 0 Å². The van der Waals surface area contributed by atoms with Gasteiger partial charge in [0, 0.05) is 11.4 Å². The van der Waals surface area contributed by atoms with Gasteiger partial charge < -0.3 is 5.84 Å². The predicted molar refractivity (Wildman–Crippen MR) is 87.5 cm³/mol. The maximum Gasteiger partial charge on any atom is 0.271 e. The number of nitrogens with two attached hydrogens (primary N) is 1. The first kappa shape index (κ1) is 15.1. The Labute approximate surface area is 137 Å². The summed E-state index contributed by atoms with van der Waals surface area (Å²) in [6, 6.07) is 11.5. The Morgan fingerprint density at radius 2 is 2.09 bits per heavy atom. The second-order valence-electron chi connectivity index (χ2n) is 5.09. The first-order valence-electron chi connectivity index (χ1n) is 6.94. The average molecular weight is 325 g/mol. The average Bonchev–Trinajstić information content (AvgIpc) is 3.07. The Balaban J connectivity index is 1.80. The smallest absolute Gasteiger partial charge is 0.271 e. The zero-order valence-corrected chi connectivity index (χ0v) is 13.6. The SMILES string of the molecule is Cc1cc(C)n(-c2nnc(SCc3cccc(C#N)c3)n2N)n1. The fraction of sp³-hybridized carbons (Fsp3) is 0.200. The lowest BCUT2D eigenvalue weighted by atomic mass is 10.2. The molecule has 7 nitrogen and oxygen atoms in total. The zero-order valence-electron chi connectivity index (χ0n) is 12.8. The molecule has 0 bridgehead atoms. The summed E-state index contributed by atoms with van der Waals surface area (Å²) in [5.41, 5.74) is 3.51. The van der Waals surface area contributed by atoms with Crippen LogP contribution in [0.15, 0.2) is 35.5 Å². The van der Waals surface area contributed by atoms with Crippen molar-refractivity contribution in [3.8, 4) is 12.0 Å². The van der Waals surface area contributed by atoms with Gasteiger partial charge in [-0.25, -0.2) is 9.36 Å². The lowest BCUT2D eigenvalue weighted by Gasteiger charge is -2.05. The van der Waals surface area contributed by atoms with Crippen molar-refractivity contribution in [2.24, 2.45) is 0 Å². The molecule has 2 aromatic heterocycles. The molecule has 0 saturated carbocycles. The fourth-order valence-electron chi connectivity index (χ4n) is 2.22. The van der Waals surface area contributed by atoms with Gasteiger partial charge >= 0.3 is 0 Å². The summed E-state index contributed by atoms with van der Waals surface area (Å²) >= 11 is 1.46. The normalized spacial score (nSPS) is 10.7. The summed E-state index contributed by atoms with van der Waals surface area (Å²) in [4.78, 5) is 0. The molecule has 23 heavy (non-hydrogen) atoms. The van der Waals surface area contributed by atoms with Crippen molar-refractivity contribution in [2.45, 2.75) is 24.8 Å². The standard InChI is InChI=1S/C15H15N7S/c1-10-6-11(2)22(20-10)14-18-19-15(21(14)17)23-9-13-5-3-4-12(7-13)8-16/h3-7H,9,17H2,1-2H3. The summed E-state index contributed by atoms with van der Waals surface area (Å²) in [6.07, 6.45) is 0. The Bertz CT molecular complexity index is 888. The van der Waals surface area contributed by atoms with Crippen LogP contribution in [0, 0.1) is 25.2 Å². The van der Waals surface area contributed by atoms with E-state index in [0.717, 1.165) is 17.0 Å². The van der Waals surface area contributed by atoms with Gasteiger partial charge in [0.05, 0.1) is 17.3 Å². The lowest BCUT2D eigenvalue weighted by Crippen LogP contribution is -2.17. The Morgan fingerprint density at radius 1 is 1.26 bits per heavy atom. The molecule has 0 aliphatic heterocycles. The first-order valence-corrected chi connectivity index (χ1v) is 7.93. The maximum atomic E-state index is 8.94. The number of nitrogen functional groups attached to an aromatic ring is 1. The molecule has 0 radical (unpaired) electrons. The number of rotatable bonds is 4. The van der Waals surface area contributed by atoms with Gasteiger partial charge in [0.25, 0.3) is 5.95 Å². The van der Waals surface area contributed by atoms with Crippen molar-refractivity contribution >= 4 is 11.8 Å². The molecule has 2 N–H and O–H groups in total. The van der Waals surface area contributed by atoms with E-state index in [4.69, 9.17) is 11.1 Å². The molecule has 0 aliphatic carbocycles. The summed E-state index contributed by atoms with van der Waals surface area (Å²) in [7, 11) is 0. The third-order valence-corrected chi connectivity index (χ3v) is 4.28. The number of nitriles is 1. The highest BCUT2D eigenvalue weighted by molar-refractivity contribution is 7.98. The van der Waals surface area contributed by atoms with Crippen molar-refractivity contribution < 1.29 is 0 Å². The molecule has 0 atom stereocenters. The molecular weight excluding hydrogens is 310 g/mol. The van der Waals surface area contributed by atoms with Crippen molar-refractivity contribution in [1.29, 1.82) is 5.26 Å². The van der Waals surface area contributed by atoms with E-state index >= 15 is 0 Å². The topological polar surface area (TPSA) is 98.3 Å². The van der Waals surface area contributed by atoms with E-state index in [1.807, 2.05) is 38.1 Å². The zero-order chi connectivity index (χ0) is 16.4. The number of aryl methyl sites for hydroxylation is 2. The van der Waals surface area contributed by atoms with Gasteiger partial charge in [-0.15, -0.1) is 10.2 Å². The second-order valence-corrected chi connectivity index (χ2v) is 6.03. The Morgan fingerprint density at radius 3 is 2.78 bits per heavy atom. The van der Waals surface area contributed by atoms with Gasteiger partial charge in [-0.05, 0) is 37.6 Å². The van der Waals surface area contributed by atoms with E-state index in [1.165, 1.54) is 16.4 Å². The molecule has 0 spiro atoms. The molecular formula is C15H15N7S. The van der Waals surface area contributed by atoms with Crippen LogP contribution in [0.3, 0.4) is 0 Å². The van der Waals surface area contributed by atoms with Gasteiger partial charge in [-0.3, -0.25) is 0 Å². The van der Waals surface area contributed by atoms with E-state index in [0.29, 0.717) is 22.4 Å². The van der Waals surface area contributed by atoms with Crippen LogP contribution in [0.5, 0.6) is 0 Å². The Hall–Kier alpha value is -2.79. The van der Waals surface area contributed by atoms with Crippen LogP contribution in [0.1, 0.15) is 22.5 Å². The van der Waals surface area contributed by atoms with Crippen LogP contribution < -0.4 is 5.84 Å². The molecule has 0 aliphatic rings. The van der Waals surface area contributed by atoms with Crippen LogP contribution in [-0.4, -0.2) is 24.7 Å². The molecule has 3 rings (SSSR count). The third kappa shape index (κ3) is 3.05. The van der Waals surface area contributed by atoms with Crippen molar-refractivity contribution in [3.05, 3.63) is 52.8 Å².